The number of anilines is 1. The second-order valence-corrected chi connectivity index (χ2v) is 6.75. The van der Waals surface area contributed by atoms with Crippen LogP contribution in [-0.4, -0.2) is 24.7 Å². The fourth-order valence-electron chi connectivity index (χ4n) is 3.45. The average Bonchev–Trinajstić information content (AvgIpc) is 3.02. The molecule has 0 radical (unpaired) electrons. The summed E-state index contributed by atoms with van der Waals surface area (Å²) in [6, 6.07) is 12.8. The first-order valence-corrected chi connectivity index (χ1v) is 9.12. The van der Waals surface area contributed by atoms with Gasteiger partial charge in [-0.25, -0.2) is 9.97 Å². The van der Waals surface area contributed by atoms with E-state index in [1.54, 1.807) is 12.1 Å². The normalized spacial score (nSPS) is 11.4. The summed E-state index contributed by atoms with van der Waals surface area (Å²) in [7, 11) is 0. The molecule has 27 heavy (non-hydrogen) atoms. The summed E-state index contributed by atoms with van der Waals surface area (Å²) in [5, 5.41) is 20.5. The van der Waals surface area contributed by atoms with Gasteiger partial charge < -0.3 is 20.5 Å². The number of nitrogens with zero attached hydrogens (tertiary/aromatic N) is 3. The Labute approximate surface area is 156 Å². The predicted octanol–water partition coefficient (Wildman–Crippen LogP) is 3.97. The van der Waals surface area contributed by atoms with Crippen LogP contribution in [0.5, 0.6) is 11.5 Å². The summed E-state index contributed by atoms with van der Waals surface area (Å²) < 4.78 is 2.15. The van der Waals surface area contributed by atoms with Gasteiger partial charge in [0.05, 0.1) is 11.0 Å². The Morgan fingerprint density at radius 1 is 1.04 bits per heavy atom. The van der Waals surface area contributed by atoms with E-state index in [1.807, 2.05) is 24.3 Å². The van der Waals surface area contributed by atoms with Crippen LogP contribution in [-0.2, 0) is 13.0 Å². The van der Waals surface area contributed by atoms with Crippen molar-refractivity contribution in [3.05, 3.63) is 53.9 Å². The third-order valence-electron chi connectivity index (χ3n) is 4.82. The number of unbranched alkanes of at least 4 members (excludes halogenated alkanes) is 1. The van der Waals surface area contributed by atoms with Crippen LogP contribution in [0.25, 0.3) is 21.9 Å². The zero-order valence-corrected chi connectivity index (χ0v) is 15.2. The first kappa shape index (κ1) is 17.1. The minimum atomic E-state index is -0.127. The molecule has 0 fully saturated rings. The van der Waals surface area contributed by atoms with E-state index in [0.29, 0.717) is 17.9 Å². The van der Waals surface area contributed by atoms with Crippen LogP contribution >= 0.6 is 0 Å². The lowest BCUT2D eigenvalue weighted by atomic mass is 10.1. The predicted molar refractivity (Wildman–Crippen MR) is 107 cm³/mol. The van der Waals surface area contributed by atoms with E-state index in [4.69, 9.17) is 10.7 Å². The van der Waals surface area contributed by atoms with Gasteiger partial charge in [-0.2, -0.15) is 0 Å². The zero-order chi connectivity index (χ0) is 19.0. The molecule has 0 spiro atoms. The lowest BCUT2D eigenvalue weighted by Gasteiger charge is -2.12. The first-order chi connectivity index (χ1) is 13.1. The van der Waals surface area contributed by atoms with Gasteiger partial charge in [-0.05, 0) is 30.2 Å². The fraction of sp³-hybridized carbons (Fsp3) is 0.238. The summed E-state index contributed by atoms with van der Waals surface area (Å²) in [5.74, 6) is 1.12. The molecule has 2 aromatic carbocycles. The molecule has 4 N–H and O–H groups in total. The molecule has 138 valence electrons. The van der Waals surface area contributed by atoms with E-state index in [-0.39, 0.29) is 11.5 Å². The molecule has 0 saturated carbocycles. The van der Waals surface area contributed by atoms with Gasteiger partial charge in [0.2, 0.25) is 0 Å². The van der Waals surface area contributed by atoms with Gasteiger partial charge in [0.25, 0.3) is 0 Å². The van der Waals surface area contributed by atoms with Gasteiger partial charge >= 0.3 is 0 Å². The van der Waals surface area contributed by atoms with Gasteiger partial charge in [-0.1, -0.05) is 37.6 Å². The summed E-state index contributed by atoms with van der Waals surface area (Å²) in [6.07, 6.45) is 2.93. The number of rotatable bonds is 5. The van der Waals surface area contributed by atoms with Crippen LogP contribution in [0.2, 0.25) is 0 Å². The van der Waals surface area contributed by atoms with Crippen LogP contribution < -0.4 is 5.73 Å². The SMILES string of the molecule is CCCCc1nc2c(N)nc3ccccc3c2n1Cc1ccc(O)c(O)c1. The molecule has 0 unspecified atom stereocenters. The molecule has 0 aliphatic rings. The maximum atomic E-state index is 9.86. The fourth-order valence-corrected chi connectivity index (χ4v) is 3.45. The molecule has 2 heterocycles. The van der Waals surface area contributed by atoms with E-state index in [9.17, 15) is 10.2 Å². The Morgan fingerprint density at radius 3 is 2.63 bits per heavy atom. The molecule has 2 aromatic heterocycles. The number of phenols is 2. The molecule has 6 nitrogen and oxygen atoms in total. The van der Waals surface area contributed by atoms with Crippen LogP contribution in [0.3, 0.4) is 0 Å². The van der Waals surface area contributed by atoms with Crippen molar-refractivity contribution in [2.75, 3.05) is 5.73 Å². The second kappa shape index (κ2) is 6.79. The molecule has 0 aliphatic carbocycles. The quantitative estimate of drug-likeness (QED) is 0.467. The number of fused-ring (bicyclic) bond motifs is 3. The molecule has 4 rings (SSSR count). The number of nitrogens with two attached hydrogens (primary N) is 1. The highest BCUT2D eigenvalue weighted by Crippen LogP contribution is 2.31. The highest BCUT2D eigenvalue weighted by atomic mass is 16.3. The number of phenolic OH excluding ortho intramolecular Hbond substituents is 2. The maximum absolute atomic E-state index is 9.86. The molecule has 0 saturated heterocycles. The summed E-state index contributed by atoms with van der Waals surface area (Å²) in [4.78, 5) is 9.30. The number of nitrogen functional groups attached to an aromatic ring is 1. The monoisotopic (exact) mass is 362 g/mol. The third kappa shape index (κ3) is 3.03. The Balaban J connectivity index is 1.95. The van der Waals surface area contributed by atoms with Crippen LogP contribution in [0, 0.1) is 0 Å². The van der Waals surface area contributed by atoms with Crippen molar-refractivity contribution in [3.8, 4) is 11.5 Å². The van der Waals surface area contributed by atoms with E-state index in [1.165, 1.54) is 6.07 Å². The van der Waals surface area contributed by atoms with Crippen LogP contribution in [0.15, 0.2) is 42.5 Å². The average molecular weight is 362 g/mol. The number of hydrogen-bond acceptors (Lipinski definition) is 5. The lowest BCUT2D eigenvalue weighted by molar-refractivity contribution is 0.403. The number of para-hydroxylation sites is 1. The van der Waals surface area contributed by atoms with Crippen molar-refractivity contribution in [2.24, 2.45) is 0 Å². The van der Waals surface area contributed by atoms with Crippen molar-refractivity contribution in [3.63, 3.8) is 0 Å². The van der Waals surface area contributed by atoms with Gasteiger partial charge in [0, 0.05) is 18.4 Å². The van der Waals surface area contributed by atoms with E-state index >= 15 is 0 Å². The van der Waals surface area contributed by atoms with E-state index in [0.717, 1.165) is 47.1 Å². The maximum Gasteiger partial charge on any atom is 0.157 e. The Hall–Kier alpha value is -3.28. The zero-order valence-electron chi connectivity index (χ0n) is 15.2. The molecule has 0 bridgehead atoms. The number of benzene rings is 2. The van der Waals surface area contributed by atoms with Gasteiger partial charge in [0.1, 0.15) is 11.3 Å². The lowest BCUT2D eigenvalue weighted by Crippen LogP contribution is -2.06. The summed E-state index contributed by atoms with van der Waals surface area (Å²) in [6.45, 7) is 2.67. The first-order valence-electron chi connectivity index (χ1n) is 9.12. The van der Waals surface area contributed by atoms with Crippen molar-refractivity contribution < 1.29 is 10.2 Å². The number of aryl methyl sites for hydroxylation is 1. The van der Waals surface area contributed by atoms with Crippen molar-refractivity contribution in [1.82, 2.24) is 14.5 Å². The van der Waals surface area contributed by atoms with Crippen molar-refractivity contribution >= 4 is 27.8 Å². The van der Waals surface area contributed by atoms with Crippen molar-refractivity contribution in [2.45, 2.75) is 32.7 Å². The molecular formula is C21H22N4O2. The highest BCUT2D eigenvalue weighted by Gasteiger charge is 2.17. The molecule has 0 aliphatic heterocycles. The minimum Gasteiger partial charge on any atom is -0.504 e. The van der Waals surface area contributed by atoms with E-state index < -0.39 is 0 Å². The molecule has 4 aromatic rings. The van der Waals surface area contributed by atoms with Crippen LogP contribution in [0.4, 0.5) is 5.82 Å². The smallest absolute Gasteiger partial charge is 0.157 e. The molecule has 0 atom stereocenters. The Bertz CT molecular complexity index is 1130. The highest BCUT2D eigenvalue weighted by molar-refractivity contribution is 6.06. The number of aromatic hydroxyl groups is 2. The number of hydrogen-bond donors (Lipinski definition) is 3. The Morgan fingerprint density at radius 2 is 1.85 bits per heavy atom. The topological polar surface area (TPSA) is 97.2 Å². The third-order valence-corrected chi connectivity index (χ3v) is 4.82. The van der Waals surface area contributed by atoms with Gasteiger partial charge in [-0.15, -0.1) is 0 Å². The summed E-state index contributed by atoms with van der Waals surface area (Å²) in [5.41, 5.74) is 9.59. The standard InChI is InChI=1S/C21H22N4O2/c1-2-3-8-18-24-19-20(14-6-4-5-7-15(14)23-21(19)22)25(18)12-13-9-10-16(26)17(27)11-13/h4-7,9-11,26-27H,2-3,8,12H2,1H3,(H2,22,23). The molecule has 0 amide bonds. The molecule has 6 heteroatoms. The second-order valence-electron chi connectivity index (χ2n) is 6.75. The largest absolute Gasteiger partial charge is 0.504 e. The summed E-state index contributed by atoms with van der Waals surface area (Å²) >= 11 is 0. The van der Waals surface area contributed by atoms with E-state index in [2.05, 4.69) is 16.5 Å². The van der Waals surface area contributed by atoms with Gasteiger partial charge in [0.15, 0.2) is 17.3 Å². The van der Waals surface area contributed by atoms with Crippen LogP contribution in [0.1, 0.15) is 31.2 Å². The number of imidazole rings is 1. The minimum absolute atomic E-state index is 0.126. The molecular weight excluding hydrogens is 340 g/mol. The Kier molecular flexibility index (Phi) is 4.32. The van der Waals surface area contributed by atoms with Gasteiger partial charge in [-0.3, -0.25) is 0 Å². The number of pyridine rings is 1. The number of aromatic nitrogens is 3. The van der Waals surface area contributed by atoms with Crippen molar-refractivity contribution in [1.29, 1.82) is 0 Å².